The van der Waals surface area contributed by atoms with Gasteiger partial charge in [-0.3, -0.25) is 4.79 Å². The van der Waals surface area contributed by atoms with Crippen LogP contribution < -0.4 is 26.0 Å². The van der Waals surface area contributed by atoms with Crippen molar-refractivity contribution in [1.82, 2.24) is 20.6 Å². The minimum absolute atomic E-state index is 0.249. The number of nitrogens with one attached hydrogen (secondary N) is 2. The van der Waals surface area contributed by atoms with E-state index >= 15 is 0 Å². The van der Waals surface area contributed by atoms with Gasteiger partial charge < -0.3 is 26.0 Å². The second-order valence-electron chi connectivity index (χ2n) is 8.28. The van der Waals surface area contributed by atoms with Crippen LogP contribution in [-0.4, -0.2) is 42.1 Å². The average Bonchev–Trinajstić information content (AvgIpc) is 2.89. The first-order valence-electron chi connectivity index (χ1n) is 11.4. The van der Waals surface area contributed by atoms with Gasteiger partial charge in [0.1, 0.15) is 16.6 Å². The van der Waals surface area contributed by atoms with Crippen LogP contribution in [-0.2, 0) is 6.54 Å². The third-order valence-corrected chi connectivity index (χ3v) is 6.19. The van der Waals surface area contributed by atoms with Gasteiger partial charge in [-0.25, -0.2) is 9.97 Å². The third kappa shape index (κ3) is 5.29. The second kappa shape index (κ2) is 10.2. The van der Waals surface area contributed by atoms with Crippen molar-refractivity contribution in [2.24, 2.45) is 0 Å². The summed E-state index contributed by atoms with van der Waals surface area (Å²) in [4.78, 5) is 23.3. The van der Waals surface area contributed by atoms with E-state index in [1.54, 1.807) is 12.3 Å². The fraction of sp³-hybridized carbons (Fsp3) is 0.192. The lowest BCUT2D eigenvalue weighted by atomic mass is 10.1. The summed E-state index contributed by atoms with van der Waals surface area (Å²) in [7, 11) is 0. The molecule has 0 saturated carbocycles. The third-order valence-electron chi connectivity index (χ3n) is 5.92. The quantitative estimate of drug-likeness (QED) is 0.376. The van der Waals surface area contributed by atoms with Crippen molar-refractivity contribution in [3.63, 3.8) is 0 Å². The molecular weight excluding hydrogens is 464 g/mol. The molecule has 1 saturated heterocycles. The molecule has 1 amide bonds. The molecule has 4 aromatic rings. The molecule has 2 aromatic heterocycles. The lowest BCUT2D eigenvalue weighted by molar-refractivity contribution is 0.0950. The molecule has 0 radical (unpaired) electrons. The van der Waals surface area contributed by atoms with Gasteiger partial charge >= 0.3 is 0 Å². The highest BCUT2D eigenvalue weighted by Gasteiger charge is 2.13. The van der Waals surface area contributed by atoms with Gasteiger partial charge in [-0.05, 0) is 53.4 Å². The zero-order valence-corrected chi connectivity index (χ0v) is 19.8. The van der Waals surface area contributed by atoms with Crippen molar-refractivity contribution in [1.29, 1.82) is 0 Å². The number of ether oxygens (including phenoxy) is 1. The number of halogens is 1. The van der Waals surface area contributed by atoms with Crippen molar-refractivity contribution in [3.05, 3.63) is 83.1 Å². The van der Waals surface area contributed by atoms with Gasteiger partial charge in [0.15, 0.2) is 0 Å². The van der Waals surface area contributed by atoms with Gasteiger partial charge in [0.2, 0.25) is 5.88 Å². The van der Waals surface area contributed by atoms with Crippen LogP contribution >= 0.6 is 11.6 Å². The summed E-state index contributed by atoms with van der Waals surface area (Å²) in [6, 6.07) is 17.1. The molecule has 1 fully saturated rings. The number of anilines is 2. The van der Waals surface area contributed by atoms with Crippen molar-refractivity contribution in [2.75, 3.05) is 36.8 Å². The van der Waals surface area contributed by atoms with Gasteiger partial charge in [0, 0.05) is 56.2 Å². The number of nitrogens with two attached hydrogens (primary N) is 1. The minimum Gasteiger partial charge on any atom is -0.438 e. The maximum Gasteiger partial charge on any atom is 0.253 e. The Balaban J connectivity index is 1.21. The molecule has 2 aromatic carbocycles. The van der Waals surface area contributed by atoms with E-state index in [1.165, 1.54) is 6.20 Å². The molecule has 0 spiro atoms. The summed E-state index contributed by atoms with van der Waals surface area (Å²) in [5, 5.41) is 8.35. The highest BCUT2D eigenvalue weighted by molar-refractivity contribution is 6.32. The van der Waals surface area contributed by atoms with Crippen LogP contribution in [0.3, 0.4) is 0 Å². The van der Waals surface area contributed by atoms with Crippen LogP contribution in [0.25, 0.3) is 10.8 Å². The molecule has 178 valence electrons. The minimum atomic E-state index is -0.277. The Morgan fingerprint density at radius 1 is 1.09 bits per heavy atom. The molecule has 0 aliphatic carbocycles. The largest absolute Gasteiger partial charge is 0.438 e. The summed E-state index contributed by atoms with van der Waals surface area (Å²) in [6.45, 7) is 4.26. The van der Waals surface area contributed by atoms with E-state index in [2.05, 4.69) is 25.5 Å². The Hall–Kier alpha value is -3.88. The SMILES string of the molecule is Nc1nccc2cc(CNC(=O)c3cnc(Oc4ccc(N5CCNCC5)cc4)c(Cl)c3)ccc12. The normalized spacial score (nSPS) is 13.6. The molecule has 3 heterocycles. The lowest BCUT2D eigenvalue weighted by Gasteiger charge is -2.29. The highest BCUT2D eigenvalue weighted by Crippen LogP contribution is 2.29. The molecule has 0 bridgehead atoms. The number of rotatable bonds is 6. The summed E-state index contributed by atoms with van der Waals surface area (Å²) in [5.41, 5.74) is 8.35. The van der Waals surface area contributed by atoms with E-state index in [-0.39, 0.29) is 16.8 Å². The first kappa shape index (κ1) is 22.9. The number of piperazine rings is 1. The van der Waals surface area contributed by atoms with Gasteiger partial charge in [-0.15, -0.1) is 0 Å². The number of carbonyl (C=O) groups excluding carboxylic acids is 1. The van der Waals surface area contributed by atoms with Crippen LogP contribution in [0.4, 0.5) is 11.5 Å². The number of aromatic nitrogens is 2. The number of hydrogen-bond acceptors (Lipinski definition) is 7. The van der Waals surface area contributed by atoms with E-state index in [9.17, 15) is 4.79 Å². The summed E-state index contributed by atoms with van der Waals surface area (Å²) >= 11 is 6.37. The fourth-order valence-electron chi connectivity index (χ4n) is 4.03. The van der Waals surface area contributed by atoms with Gasteiger partial charge in [0.25, 0.3) is 5.91 Å². The van der Waals surface area contributed by atoms with E-state index in [0.29, 0.717) is 23.7 Å². The summed E-state index contributed by atoms with van der Waals surface area (Å²) in [6.07, 6.45) is 3.12. The summed E-state index contributed by atoms with van der Waals surface area (Å²) in [5.74, 6) is 1.08. The van der Waals surface area contributed by atoms with Crippen LogP contribution in [0, 0.1) is 0 Å². The number of amides is 1. The molecule has 1 aliphatic rings. The highest BCUT2D eigenvalue weighted by atomic mass is 35.5. The molecule has 8 nitrogen and oxygen atoms in total. The molecule has 0 unspecified atom stereocenters. The predicted octanol–water partition coefficient (Wildman–Crippen LogP) is 4.00. The molecule has 5 rings (SSSR count). The standard InChI is InChI=1S/C26H25ClN6O2/c27-23-14-19(25(34)31-15-17-1-6-22-18(13-17)7-8-30-24(22)28)16-32-26(23)35-21-4-2-20(3-5-21)33-11-9-29-10-12-33/h1-8,13-14,16,29H,9-12,15H2,(H2,28,30)(H,31,34). The molecule has 0 atom stereocenters. The van der Waals surface area contributed by atoms with Crippen molar-refractivity contribution >= 4 is 39.8 Å². The zero-order valence-electron chi connectivity index (χ0n) is 19.0. The number of fused-ring (bicyclic) bond motifs is 1. The van der Waals surface area contributed by atoms with Crippen LogP contribution in [0.5, 0.6) is 11.6 Å². The van der Waals surface area contributed by atoms with E-state index < -0.39 is 0 Å². The number of nitrogens with zero attached hydrogens (tertiary/aromatic N) is 3. The number of carbonyl (C=O) groups is 1. The number of benzene rings is 2. The molecular formula is C26H25ClN6O2. The Bertz CT molecular complexity index is 1360. The van der Waals surface area contributed by atoms with E-state index in [0.717, 1.165) is 48.2 Å². The van der Waals surface area contributed by atoms with Crippen LogP contribution in [0.15, 0.2) is 67.0 Å². The lowest BCUT2D eigenvalue weighted by Crippen LogP contribution is -2.43. The second-order valence-corrected chi connectivity index (χ2v) is 8.69. The maximum atomic E-state index is 12.7. The van der Waals surface area contributed by atoms with E-state index in [4.69, 9.17) is 22.1 Å². The number of nitrogen functional groups attached to an aromatic ring is 1. The number of hydrogen-bond donors (Lipinski definition) is 3. The molecule has 1 aliphatic heterocycles. The Labute approximate surface area is 208 Å². The molecule has 9 heteroatoms. The molecule has 35 heavy (non-hydrogen) atoms. The Morgan fingerprint density at radius 3 is 2.66 bits per heavy atom. The topological polar surface area (TPSA) is 105 Å². The fourth-order valence-corrected chi connectivity index (χ4v) is 4.23. The zero-order chi connectivity index (χ0) is 24.2. The van der Waals surface area contributed by atoms with Crippen molar-refractivity contribution < 1.29 is 9.53 Å². The first-order valence-corrected chi connectivity index (χ1v) is 11.7. The van der Waals surface area contributed by atoms with Gasteiger partial charge in [-0.2, -0.15) is 0 Å². The van der Waals surface area contributed by atoms with Crippen molar-refractivity contribution in [3.8, 4) is 11.6 Å². The average molecular weight is 489 g/mol. The Kier molecular flexibility index (Phi) is 6.65. The van der Waals surface area contributed by atoms with Crippen LogP contribution in [0.1, 0.15) is 15.9 Å². The van der Waals surface area contributed by atoms with E-state index in [1.807, 2.05) is 48.5 Å². The molecule has 4 N–H and O–H groups in total. The van der Waals surface area contributed by atoms with Crippen LogP contribution in [0.2, 0.25) is 5.02 Å². The maximum absolute atomic E-state index is 12.7. The number of pyridine rings is 2. The predicted molar refractivity (Wildman–Crippen MR) is 138 cm³/mol. The monoisotopic (exact) mass is 488 g/mol. The smallest absolute Gasteiger partial charge is 0.253 e. The first-order chi connectivity index (χ1) is 17.1. The van der Waals surface area contributed by atoms with Gasteiger partial charge in [-0.1, -0.05) is 23.7 Å². The Morgan fingerprint density at radius 2 is 1.89 bits per heavy atom. The van der Waals surface area contributed by atoms with Crippen molar-refractivity contribution in [2.45, 2.75) is 6.54 Å². The van der Waals surface area contributed by atoms with Gasteiger partial charge in [0.05, 0.1) is 5.56 Å². The summed E-state index contributed by atoms with van der Waals surface area (Å²) < 4.78 is 5.85.